The van der Waals surface area contributed by atoms with Crippen molar-refractivity contribution >= 4 is 13.6 Å². The Labute approximate surface area is 108 Å². The summed E-state index contributed by atoms with van der Waals surface area (Å²) in [7, 11) is 0.541. The average Bonchev–Trinajstić information content (AvgIpc) is 2.15. The number of nitrogens with zero attached hydrogens (tertiary/aromatic N) is 1. The van der Waals surface area contributed by atoms with Crippen molar-refractivity contribution in [3.05, 3.63) is 0 Å². The second-order valence-corrected chi connectivity index (χ2v) is 6.73. The first-order valence-corrected chi connectivity index (χ1v) is 7.71. The summed E-state index contributed by atoms with van der Waals surface area (Å²) < 4.78 is 11.3. The maximum absolute atomic E-state index is 10.1. The molecule has 0 spiro atoms. The number of rotatable bonds is 4. The lowest BCUT2D eigenvalue weighted by atomic mass is 10.1. The van der Waals surface area contributed by atoms with Gasteiger partial charge in [-0.3, -0.25) is 14.7 Å². The third-order valence-corrected chi connectivity index (χ3v) is 3.26. The fourth-order valence-electron chi connectivity index (χ4n) is 1.68. The summed E-state index contributed by atoms with van der Waals surface area (Å²) >= 11 is 0. The van der Waals surface area contributed by atoms with Gasteiger partial charge < -0.3 is 19.4 Å². The van der Waals surface area contributed by atoms with Crippen LogP contribution in [0.2, 0.25) is 0 Å². The van der Waals surface area contributed by atoms with Crippen LogP contribution in [0.3, 0.4) is 0 Å². The van der Waals surface area contributed by atoms with Crippen LogP contribution < -0.4 is 5.32 Å². The van der Waals surface area contributed by atoms with E-state index in [0.29, 0.717) is 0 Å². The Morgan fingerprint density at radius 3 is 2.00 bits per heavy atom. The molecular weight excluding hydrogens is 259 g/mol. The maximum atomic E-state index is 10.1. The lowest BCUT2D eigenvalue weighted by Gasteiger charge is -2.33. The van der Waals surface area contributed by atoms with Gasteiger partial charge in [-0.2, -0.15) is 0 Å². The van der Waals surface area contributed by atoms with Gasteiger partial charge in [0.25, 0.3) is 0 Å². The summed E-state index contributed by atoms with van der Waals surface area (Å²) in [6.45, 7) is 2.34. The van der Waals surface area contributed by atoms with Crippen LogP contribution in [0.25, 0.3) is 0 Å². The SMILES string of the molecule is C[N+]1(C)CCCCC1.O=C(O)CNCP(=O)(O)O. The van der Waals surface area contributed by atoms with Crippen LogP contribution in [-0.2, 0) is 9.36 Å². The first-order valence-electron chi connectivity index (χ1n) is 5.91. The number of hydrogen-bond donors (Lipinski definition) is 4. The van der Waals surface area contributed by atoms with Crippen molar-refractivity contribution in [2.75, 3.05) is 40.0 Å². The van der Waals surface area contributed by atoms with Gasteiger partial charge in [-0.1, -0.05) is 0 Å². The van der Waals surface area contributed by atoms with Crippen LogP contribution in [0, 0.1) is 0 Å². The number of carboxylic acid groups (broad SMARTS) is 1. The van der Waals surface area contributed by atoms with E-state index in [0.717, 1.165) is 0 Å². The molecule has 0 aromatic heterocycles. The molecule has 8 heteroatoms. The molecule has 18 heavy (non-hydrogen) atoms. The van der Waals surface area contributed by atoms with Gasteiger partial charge in [0.1, 0.15) is 0 Å². The standard InChI is InChI=1S/C7H16N.C3H8NO5P/c1-8(2)6-4-3-5-7-8;5-3(6)1-4-2-10(7,8)9/h3-7H2,1-2H3;4H,1-2H2,(H,5,6)(H2,7,8,9)/q+1;. The highest BCUT2D eigenvalue weighted by molar-refractivity contribution is 7.51. The molecule has 1 aliphatic heterocycles. The van der Waals surface area contributed by atoms with Gasteiger partial charge in [0.2, 0.25) is 0 Å². The minimum Gasteiger partial charge on any atom is -0.480 e. The van der Waals surface area contributed by atoms with E-state index in [1.807, 2.05) is 0 Å². The monoisotopic (exact) mass is 283 g/mol. The molecule has 1 rings (SSSR count). The summed E-state index contributed by atoms with van der Waals surface area (Å²) in [5.74, 6) is -1.14. The normalized spacial score (nSPS) is 18.7. The molecule has 0 aromatic rings. The Kier molecular flexibility index (Phi) is 7.66. The second-order valence-electron chi connectivity index (χ2n) is 5.09. The molecule has 1 fully saturated rings. The number of carboxylic acids is 1. The third-order valence-electron chi connectivity index (χ3n) is 2.62. The molecule has 0 amide bonds. The fraction of sp³-hybridized carbons (Fsp3) is 0.900. The van der Waals surface area contributed by atoms with Gasteiger partial charge in [-0.25, -0.2) is 0 Å². The zero-order valence-corrected chi connectivity index (χ0v) is 11.9. The second kappa shape index (κ2) is 7.86. The van der Waals surface area contributed by atoms with Gasteiger partial charge in [0, 0.05) is 0 Å². The molecule has 7 nitrogen and oxygen atoms in total. The van der Waals surface area contributed by atoms with Gasteiger partial charge in [0.15, 0.2) is 0 Å². The number of piperidine rings is 1. The van der Waals surface area contributed by atoms with Crippen molar-refractivity contribution in [1.29, 1.82) is 0 Å². The van der Waals surface area contributed by atoms with Crippen LogP contribution >= 0.6 is 7.60 Å². The van der Waals surface area contributed by atoms with Crippen molar-refractivity contribution < 1.29 is 28.7 Å². The quantitative estimate of drug-likeness (QED) is 0.429. The Morgan fingerprint density at radius 2 is 1.72 bits per heavy atom. The van der Waals surface area contributed by atoms with E-state index in [2.05, 4.69) is 19.4 Å². The van der Waals surface area contributed by atoms with E-state index in [4.69, 9.17) is 14.9 Å². The van der Waals surface area contributed by atoms with Crippen molar-refractivity contribution in [2.24, 2.45) is 0 Å². The molecule has 0 bridgehead atoms. The van der Waals surface area contributed by atoms with Crippen molar-refractivity contribution in [2.45, 2.75) is 19.3 Å². The van der Waals surface area contributed by atoms with E-state index in [9.17, 15) is 9.36 Å². The van der Waals surface area contributed by atoms with E-state index in [1.165, 1.54) is 36.8 Å². The zero-order chi connectivity index (χ0) is 14.2. The Balaban J connectivity index is 0.000000327. The Hall–Kier alpha value is -0.460. The average molecular weight is 283 g/mol. The highest BCUT2D eigenvalue weighted by atomic mass is 31.2. The van der Waals surface area contributed by atoms with Gasteiger partial charge in [0.05, 0.1) is 40.0 Å². The van der Waals surface area contributed by atoms with Crippen molar-refractivity contribution in [3.8, 4) is 0 Å². The largest absolute Gasteiger partial charge is 0.480 e. The van der Waals surface area contributed by atoms with E-state index in [-0.39, 0.29) is 0 Å². The molecule has 1 heterocycles. The summed E-state index contributed by atoms with van der Waals surface area (Å²) in [4.78, 5) is 26.1. The van der Waals surface area contributed by atoms with Crippen LogP contribution in [0.15, 0.2) is 0 Å². The molecule has 0 atom stereocenters. The number of aliphatic carboxylic acids is 1. The number of quaternary nitrogens is 1. The van der Waals surface area contributed by atoms with E-state index < -0.39 is 26.4 Å². The van der Waals surface area contributed by atoms with Crippen LogP contribution in [0.5, 0.6) is 0 Å². The Bertz CT molecular complexity index is 295. The lowest BCUT2D eigenvalue weighted by Crippen LogP contribution is -2.43. The fourth-order valence-corrected chi connectivity index (χ4v) is 2.08. The summed E-state index contributed by atoms with van der Waals surface area (Å²) in [6.07, 6.45) is 3.74. The summed E-state index contributed by atoms with van der Waals surface area (Å²) in [5.41, 5.74) is 0. The number of likely N-dealkylation sites (tertiary alicyclic amines) is 1. The van der Waals surface area contributed by atoms with Gasteiger partial charge in [-0.15, -0.1) is 0 Å². The van der Waals surface area contributed by atoms with Crippen molar-refractivity contribution in [1.82, 2.24) is 5.32 Å². The van der Waals surface area contributed by atoms with Crippen LogP contribution in [-0.4, -0.2) is 65.4 Å². The Morgan fingerprint density at radius 1 is 1.22 bits per heavy atom. The smallest absolute Gasteiger partial charge is 0.339 e. The predicted molar refractivity (Wildman–Crippen MR) is 68.2 cm³/mol. The van der Waals surface area contributed by atoms with Crippen LogP contribution in [0.1, 0.15) is 19.3 Å². The molecule has 0 aromatic carbocycles. The van der Waals surface area contributed by atoms with Gasteiger partial charge >= 0.3 is 13.6 Å². The molecule has 1 saturated heterocycles. The minimum atomic E-state index is -4.10. The molecule has 0 aliphatic carbocycles. The highest BCUT2D eigenvalue weighted by Gasteiger charge is 2.17. The molecule has 1 aliphatic rings. The molecular formula is C10H24N2O5P+. The predicted octanol–water partition coefficient (Wildman–Crippen LogP) is 0.0425. The zero-order valence-electron chi connectivity index (χ0n) is 11.0. The highest BCUT2D eigenvalue weighted by Crippen LogP contribution is 2.31. The summed E-state index contributed by atoms with van der Waals surface area (Å²) in [6, 6.07) is 0. The lowest BCUT2D eigenvalue weighted by molar-refractivity contribution is -0.894. The topological polar surface area (TPSA) is 107 Å². The molecule has 0 radical (unpaired) electrons. The molecule has 4 N–H and O–H groups in total. The molecule has 0 unspecified atom stereocenters. The number of carbonyl (C=O) groups is 1. The van der Waals surface area contributed by atoms with E-state index >= 15 is 0 Å². The molecule has 0 saturated carbocycles. The third kappa shape index (κ3) is 12.0. The van der Waals surface area contributed by atoms with E-state index in [1.54, 1.807) is 0 Å². The van der Waals surface area contributed by atoms with Crippen LogP contribution in [0.4, 0.5) is 0 Å². The maximum Gasteiger partial charge on any atom is 0.339 e. The summed E-state index contributed by atoms with van der Waals surface area (Å²) in [5, 5.41) is 10.1. The number of hydrogen-bond acceptors (Lipinski definition) is 3. The van der Waals surface area contributed by atoms with Gasteiger partial charge in [-0.05, 0) is 19.3 Å². The minimum absolute atomic E-state index is 0.439. The first-order chi connectivity index (χ1) is 8.12. The number of nitrogens with one attached hydrogen (secondary N) is 1. The first kappa shape index (κ1) is 17.5. The molecule has 108 valence electrons. The van der Waals surface area contributed by atoms with Crippen molar-refractivity contribution in [3.63, 3.8) is 0 Å².